The van der Waals surface area contributed by atoms with Crippen molar-refractivity contribution in [3.63, 3.8) is 0 Å². The van der Waals surface area contributed by atoms with Crippen LogP contribution in [-0.2, 0) is 28.4 Å². The van der Waals surface area contributed by atoms with Gasteiger partial charge in [-0.15, -0.1) is 0 Å². The standard InChI is InChI=1S/C21H17Cl2F6NO3/c22-16-2-1-12(7-17(16)23)13(9-19(32)33)8-18(31)30-4-3-11-5-14(20(24,25)26)10-15(6-11)21(27,28)29/h1-2,5-7,10,13H,3-4,8-9H2,(H,30,31)(H,32,33). The molecule has 1 amide bonds. The number of carboxylic acids is 1. The zero-order valence-electron chi connectivity index (χ0n) is 16.7. The third kappa shape index (κ3) is 8.12. The second kappa shape index (κ2) is 10.6. The van der Waals surface area contributed by atoms with Crippen molar-refractivity contribution < 1.29 is 41.0 Å². The molecule has 4 nitrogen and oxygen atoms in total. The van der Waals surface area contributed by atoms with Gasteiger partial charge in [0.05, 0.1) is 27.6 Å². The molecule has 0 aliphatic carbocycles. The number of carbonyl (C=O) groups is 2. The molecule has 2 aromatic carbocycles. The molecule has 0 aromatic heterocycles. The zero-order chi connectivity index (χ0) is 25.0. The van der Waals surface area contributed by atoms with E-state index in [1.54, 1.807) is 0 Å². The zero-order valence-corrected chi connectivity index (χ0v) is 18.2. The molecule has 1 atom stereocenters. The summed E-state index contributed by atoms with van der Waals surface area (Å²) in [5.74, 6) is -2.58. The monoisotopic (exact) mass is 515 g/mol. The van der Waals surface area contributed by atoms with E-state index in [9.17, 15) is 35.9 Å². The molecule has 0 radical (unpaired) electrons. The Morgan fingerprint density at radius 1 is 0.879 bits per heavy atom. The fourth-order valence-electron chi connectivity index (χ4n) is 3.09. The number of carbonyl (C=O) groups excluding carboxylic acids is 1. The van der Waals surface area contributed by atoms with E-state index in [0.29, 0.717) is 17.7 Å². The van der Waals surface area contributed by atoms with Gasteiger partial charge in [-0.2, -0.15) is 26.3 Å². The van der Waals surface area contributed by atoms with Gasteiger partial charge < -0.3 is 10.4 Å². The fourth-order valence-corrected chi connectivity index (χ4v) is 3.40. The maximum absolute atomic E-state index is 12.9. The summed E-state index contributed by atoms with van der Waals surface area (Å²) in [6.45, 7) is -0.251. The van der Waals surface area contributed by atoms with Crippen LogP contribution < -0.4 is 5.32 Å². The molecule has 0 spiro atoms. The van der Waals surface area contributed by atoms with Crippen LogP contribution in [0.3, 0.4) is 0 Å². The number of aliphatic carboxylic acids is 1. The topological polar surface area (TPSA) is 66.4 Å². The van der Waals surface area contributed by atoms with Crippen LogP contribution in [0, 0.1) is 0 Å². The maximum atomic E-state index is 12.9. The van der Waals surface area contributed by atoms with E-state index in [4.69, 9.17) is 28.3 Å². The number of hydrogen-bond donors (Lipinski definition) is 2. The number of benzene rings is 2. The van der Waals surface area contributed by atoms with Gasteiger partial charge in [-0.3, -0.25) is 9.59 Å². The van der Waals surface area contributed by atoms with Crippen molar-refractivity contribution in [1.82, 2.24) is 5.32 Å². The Hall–Kier alpha value is -2.46. The molecule has 0 aliphatic rings. The highest BCUT2D eigenvalue weighted by Crippen LogP contribution is 2.36. The van der Waals surface area contributed by atoms with Crippen molar-refractivity contribution in [2.45, 2.75) is 37.5 Å². The van der Waals surface area contributed by atoms with Crippen molar-refractivity contribution in [1.29, 1.82) is 0 Å². The van der Waals surface area contributed by atoms with Gasteiger partial charge in [-0.25, -0.2) is 0 Å². The smallest absolute Gasteiger partial charge is 0.416 e. The number of carboxylic acid groups (broad SMARTS) is 1. The highest BCUT2D eigenvalue weighted by molar-refractivity contribution is 6.42. The van der Waals surface area contributed by atoms with Crippen LogP contribution in [0.25, 0.3) is 0 Å². The molecule has 2 aromatic rings. The number of hydrogen-bond acceptors (Lipinski definition) is 2. The highest BCUT2D eigenvalue weighted by Gasteiger charge is 2.36. The third-order valence-corrected chi connectivity index (χ3v) is 5.39. The van der Waals surface area contributed by atoms with Crippen LogP contribution in [0.4, 0.5) is 26.3 Å². The Morgan fingerprint density at radius 3 is 1.94 bits per heavy atom. The summed E-state index contributed by atoms with van der Waals surface area (Å²) in [5.41, 5.74) is -2.71. The van der Waals surface area contributed by atoms with E-state index in [0.717, 1.165) is 0 Å². The first-order valence-corrected chi connectivity index (χ1v) is 10.1. The molecule has 1 unspecified atom stereocenters. The Kier molecular flexibility index (Phi) is 8.64. The Morgan fingerprint density at radius 2 is 1.45 bits per heavy atom. The van der Waals surface area contributed by atoms with Crippen molar-refractivity contribution in [3.05, 3.63) is 68.7 Å². The first kappa shape index (κ1) is 26.8. The number of halogens is 8. The fraction of sp³-hybridized carbons (Fsp3) is 0.333. The average Bonchev–Trinajstić information content (AvgIpc) is 2.67. The van der Waals surface area contributed by atoms with Crippen LogP contribution in [0.2, 0.25) is 10.0 Å². The van der Waals surface area contributed by atoms with Crippen molar-refractivity contribution in [3.8, 4) is 0 Å². The predicted molar refractivity (Wildman–Crippen MR) is 109 cm³/mol. The first-order chi connectivity index (χ1) is 15.2. The molecule has 0 aliphatic heterocycles. The molecule has 0 saturated heterocycles. The Balaban J connectivity index is 2.09. The van der Waals surface area contributed by atoms with Gasteiger partial charge in [-0.1, -0.05) is 29.3 Å². The Labute approximate surface area is 194 Å². The molecule has 33 heavy (non-hydrogen) atoms. The van der Waals surface area contributed by atoms with Crippen molar-refractivity contribution in [2.24, 2.45) is 0 Å². The molecule has 0 saturated carbocycles. The molecule has 0 bridgehead atoms. The first-order valence-electron chi connectivity index (χ1n) is 9.38. The highest BCUT2D eigenvalue weighted by atomic mass is 35.5. The van der Waals surface area contributed by atoms with Gasteiger partial charge in [0.1, 0.15) is 0 Å². The summed E-state index contributed by atoms with van der Waals surface area (Å²) in [7, 11) is 0. The summed E-state index contributed by atoms with van der Waals surface area (Å²) in [4.78, 5) is 23.4. The molecule has 180 valence electrons. The second-order valence-corrected chi connectivity index (χ2v) is 8.00. The molecular formula is C21H17Cl2F6NO3. The van der Waals surface area contributed by atoms with E-state index in [1.165, 1.54) is 18.2 Å². The van der Waals surface area contributed by atoms with Gasteiger partial charge in [0.2, 0.25) is 5.91 Å². The minimum atomic E-state index is -4.97. The maximum Gasteiger partial charge on any atom is 0.416 e. The molecule has 0 heterocycles. The van der Waals surface area contributed by atoms with E-state index < -0.39 is 47.7 Å². The summed E-state index contributed by atoms with van der Waals surface area (Å²) >= 11 is 11.8. The van der Waals surface area contributed by atoms with Crippen molar-refractivity contribution in [2.75, 3.05) is 6.54 Å². The molecule has 2 N–H and O–H groups in total. The minimum absolute atomic E-state index is 0.0236. The van der Waals surface area contributed by atoms with Gasteiger partial charge in [-0.05, 0) is 47.9 Å². The van der Waals surface area contributed by atoms with Crippen LogP contribution >= 0.6 is 23.2 Å². The van der Waals surface area contributed by atoms with E-state index in [1.807, 2.05) is 0 Å². The summed E-state index contributed by atoms with van der Waals surface area (Å²) in [6, 6.07) is 5.57. The lowest BCUT2D eigenvalue weighted by atomic mass is 9.92. The number of alkyl halides is 6. The molecular weight excluding hydrogens is 499 g/mol. The van der Waals surface area contributed by atoms with Crippen LogP contribution in [0.5, 0.6) is 0 Å². The lowest BCUT2D eigenvalue weighted by Gasteiger charge is -2.17. The molecule has 12 heteroatoms. The van der Waals surface area contributed by atoms with Crippen LogP contribution in [0.15, 0.2) is 36.4 Å². The minimum Gasteiger partial charge on any atom is -0.481 e. The largest absolute Gasteiger partial charge is 0.481 e. The number of nitrogens with one attached hydrogen (secondary N) is 1. The van der Waals surface area contributed by atoms with Crippen LogP contribution in [-0.4, -0.2) is 23.5 Å². The lowest BCUT2D eigenvalue weighted by molar-refractivity contribution is -0.143. The predicted octanol–water partition coefficient (Wildman–Crippen LogP) is 6.34. The second-order valence-electron chi connectivity index (χ2n) is 7.19. The van der Waals surface area contributed by atoms with Crippen molar-refractivity contribution >= 4 is 35.1 Å². The SMILES string of the molecule is O=C(O)CC(CC(=O)NCCc1cc(C(F)(F)F)cc(C(F)(F)F)c1)c1ccc(Cl)c(Cl)c1. The normalized spacial score (nSPS) is 13.0. The van der Waals surface area contributed by atoms with E-state index in [-0.39, 0.29) is 41.1 Å². The van der Waals surface area contributed by atoms with Gasteiger partial charge in [0, 0.05) is 18.9 Å². The van der Waals surface area contributed by atoms with E-state index in [2.05, 4.69) is 5.32 Å². The molecule has 0 fully saturated rings. The summed E-state index contributed by atoms with van der Waals surface area (Å²) < 4.78 is 77.7. The van der Waals surface area contributed by atoms with E-state index >= 15 is 0 Å². The third-order valence-electron chi connectivity index (χ3n) is 4.65. The summed E-state index contributed by atoms with van der Waals surface area (Å²) in [6.07, 6.45) is -10.9. The van der Waals surface area contributed by atoms with Crippen LogP contribution in [0.1, 0.15) is 41.0 Å². The lowest BCUT2D eigenvalue weighted by Crippen LogP contribution is -2.28. The van der Waals surface area contributed by atoms with Gasteiger partial charge in [0.15, 0.2) is 0 Å². The summed E-state index contributed by atoms with van der Waals surface area (Å²) in [5, 5.41) is 11.9. The van der Waals surface area contributed by atoms with Gasteiger partial charge >= 0.3 is 18.3 Å². The molecule has 2 rings (SSSR count). The quantitative estimate of drug-likeness (QED) is 0.403. The average molecular weight is 516 g/mol. The van der Waals surface area contributed by atoms with Gasteiger partial charge in [0.25, 0.3) is 0 Å². The number of rotatable bonds is 8. The Bertz CT molecular complexity index is 992. The number of amides is 1.